The number of imidazole rings is 1. The minimum Gasteiger partial charge on any atom is -0.348 e. The van der Waals surface area contributed by atoms with Crippen LogP contribution in [-0.2, 0) is 18.4 Å². The van der Waals surface area contributed by atoms with Crippen LogP contribution in [0.2, 0.25) is 0 Å². The van der Waals surface area contributed by atoms with Gasteiger partial charge in [0, 0.05) is 19.4 Å². The molecule has 1 heterocycles. The van der Waals surface area contributed by atoms with Crippen LogP contribution in [0.4, 0.5) is 0 Å². The van der Waals surface area contributed by atoms with E-state index in [9.17, 15) is 4.79 Å². The van der Waals surface area contributed by atoms with Gasteiger partial charge < -0.3 is 15.2 Å². The second-order valence-electron chi connectivity index (χ2n) is 3.18. The molecule has 1 aromatic heterocycles. The van der Waals surface area contributed by atoms with E-state index < -0.39 is 0 Å². The Bertz CT molecular complexity index is 308. The molecular weight excluding hydrogens is 180 g/mol. The minimum atomic E-state index is -0.171. The van der Waals surface area contributed by atoms with Crippen LogP contribution in [0, 0.1) is 0 Å². The molecule has 1 atom stereocenters. The van der Waals surface area contributed by atoms with Crippen LogP contribution in [0.25, 0.3) is 0 Å². The maximum atomic E-state index is 11.4. The van der Waals surface area contributed by atoms with Gasteiger partial charge in [-0.1, -0.05) is 0 Å². The van der Waals surface area contributed by atoms with Crippen molar-refractivity contribution >= 4 is 5.91 Å². The molecule has 0 bridgehead atoms. The third kappa shape index (κ3) is 2.56. The molecule has 0 saturated heterocycles. The van der Waals surface area contributed by atoms with Gasteiger partial charge in [0.15, 0.2) is 0 Å². The summed E-state index contributed by atoms with van der Waals surface area (Å²) in [6, 6.07) is -0.171. The summed E-state index contributed by atoms with van der Waals surface area (Å²) in [6.07, 6.45) is 3.56. The molecule has 1 unspecified atom stereocenters. The zero-order valence-electron chi connectivity index (χ0n) is 8.74. The Morgan fingerprint density at radius 3 is 2.93 bits per heavy atom. The monoisotopic (exact) mass is 196 g/mol. The zero-order chi connectivity index (χ0) is 10.6. The van der Waals surface area contributed by atoms with E-state index in [1.807, 2.05) is 24.7 Å². The predicted molar refractivity (Wildman–Crippen MR) is 53.6 cm³/mol. The molecule has 78 valence electrons. The fourth-order valence-electron chi connectivity index (χ4n) is 1.02. The highest BCUT2D eigenvalue weighted by molar-refractivity contribution is 5.81. The molecule has 1 aromatic rings. The van der Waals surface area contributed by atoms with Crippen molar-refractivity contribution in [1.29, 1.82) is 0 Å². The summed E-state index contributed by atoms with van der Waals surface area (Å²) >= 11 is 0. The van der Waals surface area contributed by atoms with Gasteiger partial charge in [-0.2, -0.15) is 0 Å². The van der Waals surface area contributed by atoms with E-state index in [-0.39, 0.29) is 11.9 Å². The van der Waals surface area contributed by atoms with Crippen molar-refractivity contribution in [2.75, 3.05) is 7.05 Å². The largest absolute Gasteiger partial charge is 0.348 e. The number of hydrogen-bond acceptors (Lipinski definition) is 3. The van der Waals surface area contributed by atoms with Gasteiger partial charge in [0.1, 0.15) is 5.82 Å². The van der Waals surface area contributed by atoms with E-state index in [2.05, 4.69) is 15.6 Å². The molecule has 0 saturated carbocycles. The van der Waals surface area contributed by atoms with Crippen LogP contribution in [0.5, 0.6) is 0 Å². The average molecular weight is 196 g/mol. The first-order valence-electron chi connectivity index (χ1n) is 4.56. The fourth-order valence-corrected chi connectivity index (χ4v) is 1.02. The molecule has 5 heteroatoms. The van der Waals surface area contributed by atoms with Crippen molar-refractivity contribution in [3.8, 4) is 0 Å². The van der Waals surface area contributed by atoms with Crippen LogP contribution in [0.15, 0.2) is 12.4 Å². The molecule has 0 spiro atoms. The molecule has 0 aliphatic rings. The molecule has 5 nitrogen and oxygen atoms in total. The van der Waals surface area contributed by atoms with Crippen LogP contribution in [-0.4, -0.2) is 28.5 Å². The maximum Gasteiger partial charge on any atom is 0.237 e. The lowest BCUT2D eigenvalue weighted by atomic mass is 10.3. The predicted octanol–water partition coefficient (Wildman–Crippen LogP) is -0.356. The number of carbonyl (C=O) groups excluding carboxylic acids is 1. The topological polar surface area (TPSA) is 59.0 Å². The third-order valence-corrected chi connectivity index (χ3v) is 2.17. The Balaban J connectivity index is 2.41. The smallest absolute Gasteiger partial charge is 0.237 e. The minimum absolute atomic E-state index is 0.0181. The normalized spacial score (nSPS) is 12.5. The number of rotatable bonds is 4. The van der Waals surface area contributed by atoms with Crippen molar-refractivity contribution in [3.63, 3.8) is 0 Å². The summed E-state index contributed by atoms with van der Waals surface area (Å²) in [6.45, 7) is 2.28. The van der Waals surface area contributed by atoms with E-state index in [0.717, 1.165) is 5.82 Å². The van der Waals surface area contributed by atoms with Gasteiger partial charge in [-0.15, -0.1) is 0 Å². The second-order valence-corrected chi connectivity index (χ2v) is 3.18. The summed E-state index contributed by atoms with van der Waals surface area (Å²) in [4.78, 5) is 15.5. The van der Waals surface area contributed by atoms with Crippen LogP contribution in [0.3, 0.4) is 0 Å². The van der Waals surface area contributed by atoms with E-state index in [1.54, 1.807) is 13.2 Å². The first-order valence-corrected chi connectivity index (χ1v) is 4.56. The number of nitrogens with one attached hydrogen (secondary N) is 2. The number of amides is 1. The van der Waals surface area contributed by atoms with E-state index in [1.165, 1.54) is 0 Å². The number of nitrogens with zero attached hydrogens (tertiary/aromatic N) is 2. The standard InChI is InChI=1S/C9H16N4O/c1-7(10-2)9(14)12-6-8-11-4-5-13(8)3/h4-5,7,10H,6H2,1-3H3,(H,12,14). The lowest BCUT2D eigenvalue weighted by molar-refractivity contribution is -0.122. The Hall–Kier alpha value is -1.36. The van der Waals surface area contributed by atoms with Crippen LogP contribution < -0.4 is 10.6 Å². The third-order valence-electron chi connectivity index (χ3n) is 2.17. The Labute approximate surface area is 83.5 Å². The van der Waals surface area contributed by atoms with E-state index in [0.29, 0.717) is 6.54 Å². The van der Waals surface area contributed by atoms with Crippen LogP contribution >= 0.6 is 0 Å². The van der Waals surface area contributed by atoms with Crippen molar-refractivity contribution < 1.29 is 4.79 Å². The number of aryl methyl sites for hydroxylation is 1. The summed E-state index contributed by atoms with van der Waals surface area (Å²) in [5.41, 5.74) is 0. The van der Waals surface area contributed by atoms with Gasteiger partial charge in [-0.3, -0.25) is 4.79 Å². The highest BCUT2D eigenvalue weighted by Gasteiger charge is 2.09. The first kappa shape index (κ1) is 10.7. The lowest BCUT2D eigenvalue weighted by Crippen LogP contribution is -2.40. The van der Waals surface area contributed by atoms with Gasteiger partial charge >= 0.3 is 0 Å². The van der Waals surface area contributed by atoms with Gasteiger partial charge in [-0.05, 0) is 14.0 Å². The zero-order valence-corrected chi connectivity index (χ0v) is 8.74. The summed E-state index contributed by atoms with van der Waals surface area (Å²) in [5, 5.41) is 5.66. The summed E-state index contributed by atoms with van der Waals surface area (Å²) < 4.78 is 1.88. The molecule has 0 aliphatic heterocycles. The fraction of sp³-hybridized carbons (Fsp3) is 0.556. The number of likely N-dealkylation sites (N-methyl/N-ethyl adjacent to an activating group) is 1. The Morgan fingerprint density at radius 1 is 1.71 bits per heavy atom. The van der Waals surface area contributed by atoms with Crippen molar-refractivity contribution in [3.05, 3.63) is 18.2 Å². The number of aromatic nitrogens is 2. The van der Waals surface area contributed by atoms with Gasteiger partial charge in [0.05, 0.1) is 12.6 Å². The van der Waals surface area contributed by atoms with E-state index >= 15 is 0 Å². The lowest BCUT2D eigenvalue weighted by Gasteiger charge is -2.10. The van der Waals surface area contributed by atoms with Gasteiger partial charge in [-0.25, -0.2) is 4.98 Å². The Morgan fingerprint density at radius 2 is 2.43 bits per heavy atom. The molecule has 1 rings (SSSR count). The molecule has 14 heavy (non-hydrogen) atoms. The molecular formula is C9H16N4O. The second kappa shape index (κ2) is 4.76. The summed E-state index contributed by atoms with van der Waals surface area (Å²) in [5.74, 6) is 0.831. The molecule has 0 aromatic carbocycles. The summed E-state index contributed by atoms with van der Waals surface area (Å²) in [7, 11) is 3.65. The van der Waals surface area contributed by atoms with Gasteiger partial charge in [0.2, 0.25) is 5.91 Å². The quantitative estimate of drug-likeness (QED) is 0.691. The number of hydrogen-bond donors (Lipinski definition) is 2. The van der Waals surface area contributed by atoms with Gasteiger partial charge in [0.25, 0.3) is 0 Å². The molecule has 2 N–H and O–H groups in total. The maximum absolute atomic E-state index is 11.4. The first-order chi connectivity index (χ1) is 6.65. The number of carbonyl (C=O) groups is 1. The van der Waals surface area contributed by atoms with Crippen molar-refractivity contribution in [2.45, 2.75) is 19.5 Å². The van der Waals surface area contributed by atoms with E-state index in [4.69, 9.17) is 0 Å². The van der Waals surface area contributed by atoms with Crippen molar-refractivity contribution in [2.24, 2.45) is 7.05 Å². The highest BCUT2D eigenvalue weighted by atomic mass is 16.2. The molecule has 0 aliphatic carbocycles. The highest BCUT2D eigenvalue weighted by Crippen LogP contribution is 1.93. The van der Waals surface area contributed by atoms with Crippen LogP contribution in [0.1, 0.15) is 12.7 Å². The SMILES string of the molecule is CNC(C)C(=O)NCc1nccn1C. The molecule has 1 amide bonds. The average Bonchev–Trinajstić information content (AvgIpc) is 2.59. The van der Waals surface area contributed by atoms with Crippen molar-refractivity contribution in [1.82, 2.24) is 20.2 Å². The molecule has 0 fully saturated rings. The molecule has 0 radical (unpaired) electrons. The Kier molecular flexibility index (Phi) is 3.64.